The Bertz CT molecular complexity index is 198. The zero-order chi connectivity index (χ0) is 13.2. The van der Waals surface area contributed by atoms with Crippen LogP contribution in [0.4, 0.5) is 0 Å². The van der Waals surface area contributed by atoms with Crippen LogP contribution in [0.15, 0.2) is 0 Å². The third kappa shape index (κ3) is 7.31. The lowest BCUT2D eigenvalue weighted by atomic mass is 10.2. The van der Waals surface area contributed by atoms with E-state index in [1.165, 1.54) is 13.0 Å². The van der Waals surface area contributed by atoms with Crippen LogP contribution in [0.3, 0.4) is 0 Å². The molecule has 0 aliphatic carbocycles. The number of nitrogens with one attached hydrogen (secondary N) is 1. The maximum atomic E-state index is 5.72. The molecule has 108 valence electrons. The highest BCUT2D eigenvalue weighted by Gasteiger charge is 2.19. The third-order valence-electron chi connectivity index (χ3n) is 3.08. The average Bonchev–Trinajstić information content (AvgIpc) is 2.34. The number of morpholine rings is 1. The van der Waals surface area contributed by atoms with E-state index in [1.807, 2.05) is 0 Å². The molecular weight excluding hydrogens is 228 g/mol. The highest BCUT2D eigenvalue weighted by molar-refractivity contribution is 4.70. The molecule has 1 saturated heterocycles. The van der Waals surface area contributed by atoms with Crippen LogP contribution in [0.5, 0.6) is 0 Å². The minimum Gasteiger partial charge on any atom is -0.379 e. The molecule has 1 heterocycles. The summed E-state index contributed by atoms with van der Waals surface area (Å²) in [6.07, 6.45) is 2.56. The van der Waals surface area contributed by atoms with Gasteiger partial charge in [0.05, 0.1) is 19.3 Å². The number of ether oxygens (including phenoxy) is 2. The van der Waals surface area contributed by atoms with E-state index in [0.717, 1.165) is 45.9 Å². The largest absolute Gasteiger partial charge is 0.379 e. The lowest BCUT2D eigenvalue weighted by Crippen LogP contribution is -2.44. The molecule has 0 aromatic carbocycles. The summed E-state index contributed by atoms with van der Waals surface area (Å²) in [5, 5.41) is 3.39. The molecule has 1 aliphatic heterocycles. The monoisotopic (exact) mass is 258 g/mol. The topological polar surface area (TPSA) is 33.7 Å². The molecule has 0 unspecified atom stereocenters. The molecule has 18 heavy (non-hydrogen) atoms. The Labute approximate surface area is 112 Å². The predicted molar refractivity (Wildman–Crippen MR) is 75.0 cm³/mol. The van der Waals surface area contributed by atoms with Crippen molar-refractivity contribution in [1.82, 2.24) is 10.2 Å². The van der Waals surface area contributed by atoms with Crippen molar-refractivity contribution in [2.24, 2.45) is 0 Å². The SMILES string of the molecule is CCCN1CCO[C@H](COCCCNC(C)C)C1. The van der Waals surface area contributed by atoms with E-state index in [4.69, 9.17) is 9.47 Å². The fourth-order valence-corrected chi connectivity index (χ4v) is 2.18. The molecule has 0 radical (unpaired) electrons. The molecule has 1 rings (SSSR count). The Morgan fingerprint density at radius 3 is 3.00 bits per heavy atom. The van der Waals surface area contributed by atoms with E-state index in [1.54, 1.807) is 0 Å². The van der Waals surface area contributed by atoms with Crippen molar-refractivity contribution in [2.75, 3.05) is 46.0 Å². The smallest absolute Gasteiger partial charge is 0.0935 e. The van der Waals surface area contributed by atoms with Crippen LogP contribution in [0.25, 0.3) is 0 Å². The van der Waals surface area contributed by atoms with Gasteiger partial charge in [0.25, 0.3) is 0 Å². The van der Waals surface area contributed by atoms with Gasteiger partial charge in [0.15, 0.2) is 0 Å². The van der Waals surface area contributed by atoms with Crippen LogP contribution in [0, 0.1) is 0 Å². The molecule has 0 saturated carbocycles. The number of nitrogens with zero attached hydrogens (tertiary/aromatic N) is 1. The average molecular weight is 258 g/mol. The fraction of sp³-hybridized carbons (Fsp3) is 1.00. The van der Waals surface area contributed by atoms with Crippen LogP contribution < -0.4 is 5.32 Å². The lowest BCUT2D eigenvalue weighted by molar-refractivity contribution is -0.0691. The summed E-state index contributed by atoms with van der Waals surface area (Å²) in [4.78, 5) is 2.47. The first-order chi connectivity index (χ1) is 8.72. The molecule has 0 amide bonds. The van der Waals surface area contributed by atoms with Crippen LogP contribution >= 0.6 is 0 Å². The Morgan fingerprint density at radius 1 is 1.44 bits per heavy atom. The first-order valence-corrected chi connectivity index (χ1v) is 7.37. The number of hydrogen-bond acceptors (Lipinski definition) is 4. The van der Waals surface area contributed by atoms with Gasteiger partial charge in [-0.2, -0.15) is 0 Å². The molecule has 1 fully saturated rings. The van der Waals surface area contributed by atoms with Gasteiger partial charge in [0, 0.05) is 25.7 Å². The molecule has 4 nitrogen and oxygen atoms in total. The number of rotatable bonds is 9. The van der Waals surface area contributed by atoms with Crippen LogP contribution in [0.2, 0.25) is 0 Å². The Hall–Kier alpha value is -0.160. The van der Waals surface area contributed by atoms with E-state index in [-0.39, 0.29) is 6.10 Å². The molecule has 0 aromatic heterocycles. The van der Waals surface area contributed by atoms with Gasteiger partial charge in [-0.3, -0.25) is 4.90 Å². The van der Waals surface area contributed by atoms with Crippen LogP contribution in [-0.4, -0.2) is 63.0 Å². The Kier molecular flexibility index (Phi) is 8.59. The molecule has 4 heteroatoms. The predicted octanol–water partition coefficient (Wildman–Crippen LogP) is 1.50. The maximum absolute atomic E-state index is 5.72. The first-order valence-electron chi connectivity index (χ1n) is 7.37. The van der Waals surface area contributed by atoms with Crippen molar-refractivity contribution in [1.29, 1.82) is 0 Å². The quantitative estimate of drug-likeness (QED) is 0.636. The second-order valence-electron chi connectivity index (χ2n) is 5.33. The van der Waals surface area contributed by atoms with Gasteiger partial charge in [0.2, 0.25) is 0 Å². The van der Waals surface area contributed by atoms with Crippen molar-refractivity contribution in [3.63, 3.8) is 0 Å². The molecule has 0 aromatic rings. The first kappa shape index (κ1) is 15.9. The summed E-state index contributed by atoms with van der Waals surface area (Å²) in [6.45, 7) is 13.3. The van der Waals surface area contributed by atoms with E-state index >= 15 is 0 Å². The van der Waals surface area contributed by atoms with Gasteiger partial charge in [-0.05, 0) is 25.9 Å². The minimum atomic E-state index is 0.267. The summed E-state index contributed by atoms with van der Waals surface area (Å²) in [5.41, 5.74) is 0. The molecule has 1 atom stereocenters. The lowest BCUT2D eigenvalue weighted by Gasteiger charge is -2.32. The molecule has 1 aliphatic rings. The second kappa shape index (κ2) is 9.73. The fourth-order valence-electron chi connectivity index (χ4n) is 2.18. The van der Waals surface area contributed by atoms with Gasteiger partial charge in [-0.25, -0.2) is 0 Å². The summed E-state index contributed by atoms with van der Waals surface area (Å²) in [6, 6.07) is 0.564. The summed E-state index contributed by atoms with van der Waals surface area (Å²) in [5.74, 6) is 0. The zero-order valence-corrected chi connectivity index (χ0v) is 12.3. The second-order valence-corrected chi connectivity index (χ2v) is 5.33. The third-order valence-corrected chi connectivity index (χ3v) is 3.08. The van der Waals surface area contributed by atoms with E-state index < -0.39 is 0 Å². The summed E-state index contributed by atoms with van der Waals surface area (Å²) in [7, 11) is 0. The van der Waals surface area contributed by atoms with E-state index in [2.05, 4.69) is 31.0 Å². The van der Waals surface area contributed by atoms with Gasteiger partial charge in [0.1, 0.15) is 0 Å². The maximum Gasteiger partial charge on any atom is 0.0935 e. The minimum absolute atomic E-state index is 0.267. The Balaban J connectivity index is 1.98. The van der Waals surface area contributed by atoms with E-state index in [9.17, 15) is 0 Å². The standard InChI is InChI=1S/C14H30N2O2/c1-4-7-16-8-10-18-14(11-16)12-17-9-5-6-15-13(2)3/h13-15H,4-12H2,1-3H3/t14-/m0/s1. The Morgan fingerprint density at radius 2 is 2.28 bits per heavy atom. The van der Waals surface area contributed by atoms with Gasteiger partial charge < -0.3 is 14.8 Å². The van der Waals surface area contributed by atoms with Crippen LogP contribution in [0.1, 0.15) is 33.6 Å². The molecular formula is C14H30N2O2. The molecule has 0 spiro atoms. The van der Waals surface area contributed by atoms with Crippen LogP contribution in [-0.2, 0) is 9.47 Å². The van der Waals surface area contributed by atoms with Gasteiger partial charge in [-0.15, -0.1) is 0 Å². The summed E-state index contributed by atoms with van der Waals surface area (Å²) >= 11 is 0. The molecule has 1 N–H and O–H groups in total. The van der Waals surface area contributed by atoms with Crippen molar-refractivity contribution in [3.05, 3.63) is 0 Å². The number of hydrogen-bond donors (Lipinski definition) is 1. The van der Waals surface area contributed by atoms with Gasteiger partial charge in [-0.1, -0.05) is 20.8 Å². The van der Waals surface area contributed by atoms with Crippen molar-refractivity contribution >= 4 is 0 Å². The van der Waals surface area contributed by atoms with Gasteiger partial charge >= 0.3 is 0 Å². The normalized spacial score (nSPS) is 21.7. The van der Waals surface area contributed by atoms with Crippen molar-refractivity contribution in [2.45, 2.75) is 45.8 Å². The highest BCUT2D eigenvalue weighted by Crippen LogP contribution is 2.06. The van der Waals surface area contributed by atoms with Crippen molar-refractivity contribution in [3.8, 4) is 0 Å². The zero-order valence-electron chi connectivity index (χ0n) is 12.3. The highest BCUT2D eigenvalue weighted by atomic mass is 16.5. The molecule has 0 bridgehead atoms. The van der Waals surface area contributed by atoms with Crippen molar-refractivity contribution < 1.29 is 9.47 Å². The summed E-state index contributed by atoms with van der Waals surface area (Å²) < 4.78 is 11.4. The van der Waals surface area contributed by atoms with E-state index in [0.29, 0.717) is 6.04 Å².